The number of nitrogen functional groups attached to an aromatic ring is 2. The third-order valence-corrected chi connectivity index (χ3v) is 26.5. The van der Waals surface area contributed by atoms with Gasteiger partial charge in [0, 0.05) is 101 Å². The first-order valence-electron chi connectivity index (χ1n) is 43.8. The number of nitrogens with zero attached hydrogens (tertiary/aromatic N) is 10. The Morgan fingerprint density at radius 2 is 0.734 bits per heavy atom. The average molecular weight is 1980 g/mol. The summed E-state index contributed by atoms with van der Waals surface area (Å²) in [6, 6.07) is 109. The number of aromatic nitrogens is 11. The molecule has 14 aromatic carbocycles. The maximum atomic E-state index is 11.3. The monoisotopic (exact) mass is 1980 g/mol. The predicted molar refractivity (Wildman–Crippen MR) is 575 cm³/mol. The van der Waals surface area contributed by atoms with Crippen LogP contribution in [0.1, 0.15) is 48.4 Å². The quantitative estimate of drug-likeness (QED) is 0.0248. The van der Waals surface area contributed by atoms with Crippen molar-refractivity contribution >= 4 is 284 Å². The van der Waals surface area contributed by atoms with Crippen LogP contribution in [0.4, 0.5) is 11.4 Å². The first-order chi connectivity index (χ1) is 67.2. The van der Waals surface area contributed by atoms with E-state index >= 15 is 0 Å². The van der Waals surface area contributed by atoms with Crippen molar-refractivity contribution in [1.82, 2.24) is 53.7 Å². The molecule has 1 aliphatic heterocycles. The van der Waals surface area contributed by atoms with Gasteiger partial charge in [-0.3, -0.25) is 18.4 Å². The third kappa shape index (κ3) is 19.2. The van der Waals surface area contributed by atoms with Gasteiger partial charge in [-0.1, -0.05) is 244 Å². The lowest BCUT2D eigenvalue weighted by atomic mass is 9.78. The molecule has 0 radical (unpaired) electrons. The molecule has 10 aromatic heterocycles. The summed E-state index contributed by atoms with van der Waals surface area (Å²) in [4.78, 5) is 63.5. The van der Waals surface area contributed by atoms with E-state index in [-0.39, 0.29) is 10.6 Å². The van der Waals surface area contributed by atoms with Gasteiger partial charge < -0.3 is 35.8 Å². The summed E-state index contributed by atoms with van der Waals surface area (Å²) in [6.45, 7) is 8.33. The third-order valence-electron chi connectivity index (χ3n) is 24.2. The molecular formula is C110H77B2Cl8N13O6. The number of benzene rings is 14. The Hall–Kier alpha value is -14.2. The molecule has 1 fully saturated rings. The molecule has 0 spiro atoms. The van der Waals surface area contributed by atoms with E-state index in [2.05, 4.69) is 136 Å². The van der Waals surface area contributed by atoms with Crippen molar-refractivity contribution in [2.75, 3.05) is 11.5 Å². The number of pyridine rings is 7. The Morgan fingerprint density at radius 3 is 1.22 bits per heavy atom. The van der Waals surface area contributed by atoms with Crippen LogP contribution in [0.15, 0.2) is 340 Å². The van der Waals surface area contributed by atoms with E-state index in [4.69, 9.17) is 154 Å². The first-order valence-corrected chi connectivity index (χ1v) is 46.8. The fraction of sp³-hybridized carbons (Fsp3) is 0.0545. The number of para-hydroxylation sites is 13. The Balaban J connectivity index is 0.000000108. The summed E-state index contributed by atoms with van der Waals surface area (Å²) in [5, 5.41) is 30.7. The van der Waals surface area contributed by atoms with E-state index in [0.717, 1.165) is 177 Å². The highest BCUT2D eigenvalue weighted by molar-refractivity contribution is 6.63. The predicted octanol–water partition coefficient (Wildman–Crippen LogP) is 27.6. The summed E-state index contributed by atoms with van der Waals surface area (Å²) < 4.78 is 17.2. The molecule has 680 valence electrons. The van der Waals surface area contributed by atoms with Crippen LogP contribution >= 0.6 is 92.8 Å². The summed E-state index contributed by atoms with van der Waals surface area (Å²) in [6.07, 6.45) is 1.49. The average Bonchev–Trinajstić information content (AvgIpc) is 1.59. The zero-order valence-corrected chi connectivity index (χ0v) is 80.4. The number of aldehydes is 2. The number of H-pyrrole nitrogens is 1. The van der Waals surface area contributed by atoms with Gasteiger partial charge in [0.15, 0.2) is 12.6 Å². The Kier molecular flexibility index (Phi) is 26.8. The Bertz CT molecular complexity index is 8910. The molecule has 24 aromatic rings. The molecule has 0 saturated carbocycles. The second kappa shape index (κ2) is 39.7. The van der Waals surface area contributed by atoms with Crippen molar-refractivity contribution in [3.05, 3.63) is 391 Å². The van der Waals surface area contributed by atoms with Crippen molar-refractivity contribution in [2.24, 2.45) is 0 Å². The molecule has 25 rings (SSSR count). The molecule has 29 heteroatoms. The van der Waals surface area contributed by atoms with Gasteiger partial charge in [-0.2, -0.15) is 0 Å². The largest absolute Gasteiger partial charge is 0.494 e. The van der Waals surface area contributed by atoms with E-state index in [9.17, 15) is 9.59 Å². The highest BCUT2D eigenvalue weighted by Crippen LogP contribution is 2.43. The zero-order chi connectivity index (χ0) is 96.7. The number of aromatic amines is 1. The van der Waals surface area contributed by atoms with Gasteiger partial charge in [0.1, 0.15) is 22.3 Å². The molecule has 7 N–H and O–H groups in total. The van der Waals surface area contributed by atoms with Crippen LogP contribution in [0.25, 0.3) is 176 Å². The molecule has 0 atom stereocenters. The van der Waals surface area contributed by atoms with Gasteiger partial charge in [0.25, 0.3) is 0 Å². The topological polar surface area (TPSA) is 273 Å². The number of hydrogen-bond acceptors (Lipinski definition) is 16. The van der Waals surface area contributed by atoms with Crippen LogP contribution in [0.5, 0.6) is 0 Å². The van der Waals surface area contributed by atoms with Gasteiger partial charge in [-0.05, 0) is 221 Å². The highest BCUT2D eigenvalue weighted by atomic mass is 35.5. The van der Waals surface area contributed by atoms with Crippen molar-refractivity contribution in [1.29, 1.82) is 0 Å². The first kappa shape index (κ1) is 93.8. The molecule has 0 aliphatic carbocycles. The van der Waals surface area contributed by atoms with Crippen molar-refractivity contribution in [2.45, 2.75) is 38.9 Å². The molecule has 19 nitrogen and oxygen atoms in total. The minimum atomic E-state index is -1.57. The number of nitrogens with two attached hydrogens (primary N) is 2. The number of rotatable bonds is 7. The second-order valence-corrected chi connectivity index (χ2v) is 37.0. The molecule has 1 aliphatic rings. The maximum absolute atomic E-state index is 11.3. The molecule has 1 saturated heterocycles. The number of carbonyl (C=O) groups excluding carboxylic acids is 2. The maximum Gasteiger partial charge on any atom is 0.494 e. The van der Waals surface area contributed by atoms with Crippen molar-refractivity contribution < 1.29 is 28.9 Å². The van der Waals surface area contributed by atoms with Gasteiger partial charge in [0.2, 0.25) is 0 Å². The van der Waals surface area contributed by atoms with Gasteiger partial charge >= 0.3 is 14.2 Å². The lowest BCUT2D eigenvalue weighted by molar-refractivity contribution is 0.00578. The fourth-order valence-corrected chi connectivity index (χ4v) is 18.2. The van der Waals surface area contributed by atoms with Crippen LogP contribution in [-0.4, -0.2) is 102 Å². The Morgan fingerprint density at radius 1 is 0.345 bits per heavy atom. The normalized spacial score (nSPS) is 12.5. The van der Waals surface area contributed by atoms with E-state index in [0.29, 0.717) is 75.2 Å². The number of imidazole rings is 3. The molecule has 0 amide bonds. The lowest BCUT2D eigenvalue weighted by Crippen LogP contribution is -2.41. The minimum absolute atomic E-state index is 0.221. The summed E-state index contributed by atoms with van der Waals surface area (Å²) in [7, 11) is -2.00. The number of anilines is 2. The van der Waals surface area contributed by atoms with Crippen molar-refractivity contribution in [3.8, 4) is 33.9 Å². The number of halogens is 8. The molecule has 0 unspecified atom stereocenters. The van der Waals surface area contributed by atoms with Gasteiger partial charge in [-0.25, -0.2) is 39.9 Å². The highest BCUT2D eigenvalue weighted by Gasteiger charge is 2.52. The van der Waals surface area contributed by atoms with Gasteiger partial charge in [0.05, 0.1) is 132 Å². The second-order valence-electron chi connectivity index (χ2n) is 33.7. The smallest absolute Gasteiger partial charge is 0.423 e. The lowest BCUT2D eigenvalue weighted by Gasteiger charge is -2.32. The number of fused-ring (bicyclic) bond motifs is 22. The van der Waals surface area contributed by atoms with E-state index in [1.165, 1.54) is 12.1 Å². The fourth-order valence-electron chi connectivity index (χ4n) is 16.6. The standard InChI is InChI=1S/C28H24BN3O2.C22H13Cl2N3.C22H12ClN3.C16H9Cl2NO.C10H6ClNO.C6H5BCl2O2.C6H8N2/c1-27(2)28(3,4)34-29(33-27)18-13-14-23-19(16-18)25-20(15-17-9-5-6-10-21(17)30-25)26-31-22-11-7-8-12-24(22)32(23)26;23-14-9-10-17(24)15(12-14)21-16(11-13-5-1-2-6-18(13)25-21)22-26-19-7-3-4-8-20(19)27-22;23-14-9-10-19-15(12-14)21-16(11-13-5-1-2-6-17(13)24-21)22-25-18-7-3-4-8-20(18)26(19)22;17-12-5-6-14(18)13(8-12)16-11(9-20)7-10-3-1-2-4-15(10)19-16;11-10-8(6-13)5-7-3-1-2-4-9(7)12-10;8-4-1-2-6(9)5(3-4)7(10)11;7-5-3-1-2-4-6(5)8/h5-16H,1-4H3;1-12H,(H,26,27);1-12H;1-9H;1-6H;1-3,10-11H;1-4H,7-8H2. The number of hydrogen-bond donors (Lipinski definition) is 5. The molecule has 0 bridgehead atoms. The molecule has 11 heterocycles. The molecular weight excluding hydrogens is 1900 g/mol. The summed E-state index contributed by atoms with van der Waals surface area (Å²) >= 11 is 48.2. The van der Waals surface area contributed by atoms with Gasteiger partial charge in [-0.15, -0.1) is 0 Å². The summed E-state index contributed by atoms with van der Waals surface area (Å²) in [5.74, 6) is 0.750. The van der Waals surface area contributed by atoms with E-state index in [1.807, 2.05) is 188 Å². The minimum Gasteiger partial charge on any atom is -0.423 e. The van der Waals surface area contributed by atoms with Crippen LogP contribution in [0.3, 0.4) is 0 Å². The number of nitrogens with one attached hydrogen (secondary N) is 1. The zero-order valence-electron chi connectivity index (χ0n) is 74.3. The van der Waals surface area contributed by atoms with Crippen LogP contribution in [-0.2, 0) is 9.31 Å². The van der Waals surface area contributed by atoms with E-state index < -0.39 is 25.4 Å². The van der Waals surface area contributed by atoms with Crippen LogP contribution < -0.4 is 22.4 Å². The summed E-state index contributed by atoms with van der Waals surface area (Å²) in [5.41, 5.74) is 33.4. The van der Waals surface area contributed by atoms with Crippen LogP contribution in [0, 0.1) is 0 Å². The van der Waals surface area contributed by atoms with Crippen LogP contribution in [0.2, 0.25) is 40.3 Å². The van der Waals surface area contributed by atoms with E-state index in [1.54, 1.807) is 54.6 Å². The Labute approximate surface area is 835 Å². The molecule has 139 heavy (non-hydrogen) atoms. The SMILES string of the molecule is CC1(C)OB(c2ccc3c(c2)c2nc4ccccc4cc2c2nc4ccccc4n32)OC1(C)C.Clc1ccc(Cl)c(-c2nc3ccccc3cc2-c2nc3ccccc3[nH]2)c1.Clc1ccc2c(c1)c1nc3ccccc3cc1c1nc3ccccc3n21.Nc1ccccc1N.O=Cc1cc2ccccc2nc1-c1cc(Cl)ccc1Cl.O=Cc1cc2ccccc2nc1Cl.OB(O)c1cc(Cl)ccc1Cl. The number of carbonyl (C=O) groups is 2. The van der Waals surface area contributed by atoms with Crippen molar-refractivity contribution in [3.63, 3.8) is 0 Å².